The molecule has 3 atom stereocenters. The molecule has 6 rings (SSSR count). The number of likely N-dealkylation sites (N-methyl/N-ethyl adjacent to an activating group) is 1. The standard InChI is InChI=1S/C34H41ClN6O5/c1-3-39(2)29(19-36)31(38-33(42)45-20-22-6-7-22)28-17-23-5-4-11-37-30(23)32(26-9-8-24(35)18-27(26)28)40-12-14-41(15-13-40)34(43)46-25-10-16-44-21-25/h3-5,8-9,11,17-19,22,25,31-32H,1,6-7,10,12-16,20-21,36H2,2H3,(H,38,42)/b29-19-. The van der Waals surface area contributed by atoms with E-state index in [1.165, 1.54) is 6.20 Å². The SMILES string of the molecule is C=CN(C)/C(=C\N)C(NC(=O)OCC1CC1)C1=Cc2cccnc2C(N2CCN(C(=O)OC3CCOC3)CC2)c2ccc(Cl)cc21. The lowest BCUT2D eigenvalue weighted by atomic mass is 9.89. The monoisotopic (exact) mass is 648 g/mol. The van der Waals surface area contributed by atoms with Crippen molar-refractivity contribution in [2.45, 2.75) is 37.5 Å². The smallest absolute Gasteiger partial charge is 0.410 e. The van der Waals surface area contributed by atoms with E-state index in [1.54, 1.807) is 22.2 Å². The number of alkyl carbamates (subject to hydrolysis) is 1. The van der Waals surface area contributed by atoms with Gasteiger partial charge in [0, 0.05) is 57.1 Å². The van der Waals surface area contributed by atoms with Crippen molar-refractivity contribution in [3.63, 3.8) is 0 Å². The number of piperazine rings is 1. The number of carbonyl (C=O) groups is 2. The lowest BCUT2D eigenvalue weighted by Crippen LogP contribution is -2.50. The predicted octanol–water partition coefficient (Wildman–Crippen LogP) is 4.60. The Morgan fingerprint density at radius 1 is 1.24 bits per heavy atom. The van der Waals surface area contributed by atoms with E-state index in [0.717, 1.165) is 47.2 Å². The van der Waals surface area contributed by atoms with Crippen LogP contribution >= 0.6 is 11.6 Å². The van der Waals surface area contributed by atoms with Gasteiger partial charge in [-0.05, 0) is 71.5 Å². The summed E-state index contributed by atoms with van der Waals surface area (Å²) in [6, 6.07) is 8.79. The second-order valence-corrected chi connectivity index (χ2v) is 12.5. The van der Waals surface area contributed by atoms with Crippen LogP contribution in [-0.4, -0.2) is 97.1 Å². The van der Waals surface area contributed by atoms with Gasteiger partial charge in [-0.2, -0.15) is 0 Å². The van der Waals surface area contributed by atoms with Gasteiger partial charge in [0.05, 0.1) is 43.3 Å². The summed E-state index contributed by atoms with van der Waals surface area (Å²) in [6.45, 7) is 7.60. The molecule has 46 heavy (non-hydrogen) atoms. The number of carbonyl (C=O) groups excluding carboxylic acids is 2. The van der Waals surface area contributed by atoms with Gasteiger partial charge in [-0.25, -0.2) is 9.59 Å². The fraction of sp³-hybridized carbons (Fsp3) is 0.441. The minimum absolute atomic E-state index is 0.190. The van der Waals surface area contributed by atoms with E-state index in [1.807, 2.05) is 43.5 Å². The molecule has 0 spiro atoms. The second-order valence-electron chi connectivity index (χ2n) is 12.1. The number of hydrogen-bond donors (Lipinski definition) is 2. The van der Waals surface area contributed by atoms with E-state index in [4.69, 9.17) is 36.5 Å². The molecule has 3 N–H and O–H groups in total. The minimum Gasteiger partial charge on any atom is -0.449 e. The molecule has 2 aromatic rings. The van der Waals surface area contributed by atoms with Crippen LogP contribution in [-0.2, 0) is 14.2 Å². The van der Waals surface area contributed by atoms with Crippen molar-refractivity contribution in [2.24, 2.45) is 11.7 Å². The molecule has 12 heteroatoms. The number of amides is 2. The Balaban J connectivity index is 1.35. The van der Waals surface area contributed by atoms with Crippen molar-refractivity contribution >= 4 is 35.4 Å². The van der Waals surface area contributed by atoms with Gasteiger partial charge in [0.2, 0.25) is 0 Å². The van der Waals surface area contributed by atoms with Crippen molar-refractivity contribution in [1.82, 2.24) is 25.0 Å². The van der Waals surface area contributed by atoms with Gasteiger partial charge in [0.25, 0.3) is 0 Å². The summed E-state index contributed by atoms with van der Waals surface area (Å²) in [5.74, 6) is 0.416. The maximum atomic E-state index is 13.2. The van der Waals surface area contributed by atoms with Crippen LogP contribution in [0.15, 0.2) is 61.2 Å². The number of aromatic nitrogens is 1. The van der Waals surface area contributed by atoms with Crippen molar-refractivity contribution < 1.29 is 23.8 Å². The zero-order chi connectivity index (χ0) is 32.2. The number of benzene rings is 1. The second kappa shape index (κ2) is 14.1. The highest BCUT2D eigenvalue weighted by Gasteiger charge is 2.37. The largest absolute Gasteiger partial charge is 0.449 e. The third-order valence-corrected chi connectivity index (χ3v) is 9.26. The van der Waals surface area contributed by atoms with Crippen LogP contribution in [0.25, 0.3) is 11.6 Å². The van der Waals surface area contributed by atoms with Crippen LogP contribution in [0.1, 0.15) is 47.7 Å². The van der Waals surface area contributed by atoms with Crippen LogP contribution in [0.2, 0.25) is 5.02 Å². The highest BCUT2D eigenvalue weighted by Crippen LogP contribution is 2.42. The van der Waals surface area contributed by atoms with Crippen molar-refractivity contribution in [2.75, 3.05) is 53.0 Å². The molecule has 4 aliphatic rings. The molecular weight excluding hydrogens is 608 g/mol. The quantitative estimate of drug-likeness (QED) is 0.402. The fourth-order valence-electron chi connectivity index (χ4n) is 6.26. The predicted molar refractivity (Wildman–Crippen MR) is 175 cm³/mol. The van der Waals surface area contributed by atoms with Gasteiger partial charge < -0.3 is 35.1 Å². The molecule has 3 unspecified atom stereocenters. The Morgan fingerprint density at radius 3 is 2.74 bits per heavy atom. The molecule has 11 nitrogen and oxygen atoms in total. The topological polar surface area (TPSA) is 122 Å². The molecule has 3 fully saturated rings. The zero-order valence-electron chi connectivity index (χ0n) is 26.1. The highest BCUT2D eigenvalue weighted by molar-refractivity contribution is 6.30. The molecule has 3 heterocycles. The molecule has 0 radical (unpaired) electrons. The van der Waals surface area contributed by atoms with Crippen molar-refractivity contribution in [3.8, 4) is 0 Å². The molecule has 2 aliphatic carbocycles. The van der Waals surface area contributed by atoms with E-state index >= 15 is 0 Å². The van der Waals surface area contributed by atoms with Crippen LogP contribution in [0.4, 0.5) is 9.59 Å². The molecular formula is C34H41ClN6O5. The average molecular weight is 649 g/mol. The number of ether oxygens (including phenoxy) is 3. The molecule has 1 aromatic heterocycles. The Hall–Kier alpha value is -4.06. The number of rotatable bonds is 9. The highest BCUT2D eigenvalue weighted by atomic mass is 35.5. The number of nitrogens with one attached hydrogen (secondary N) is 1. The Labute approximate surface area is 274 Å². The van der Waals surface area contributed by atoms with Crippen LogP contribution in [0, 0.1) is 5.92 Å². The molecule has 0 bridgehead atoms. The number of halogens is 1. The Bertz CT molecular complexity index is 1510. The number of hydrogen-bond acceptors (Lipinski definition) is 9. The number of fused-ring (bicyclic) bond motifs is 2. The Kier molecular flexibility index (Phi) is 9.81. The number of nitrogens with two attached hydrogens (primary N) is 1. The third kappa shape index (κ3) is 7.01. The number of pyridine rings is 1. The first-order valence-corrected chi connectivity index (χ1v) is 16.2. The van der Waals surface area contributed by atoms with Gasteiger partial charge in [0.1, 0.15) is 6.10 Å². The van der Waals surface area contributed by atoms with Crippen molar-refractivity contribution in [3.05, 3.63) is 88.6 Å². The maximum Gasteiger partial charge on any atom is 0.410 e. The van der Waals surface area contributed by atoms with Crippen LogP contribution < -0.4 is 11.1 Å². The summed E-state index contributed by atoms with van der Waals surface area (Å²) in [5.41, 5.74) is 11.2. The van der Waals surface area contributed by atoms with Gasteiger partial charge in [0.15, 0.2) is 0 Å². The molecule has 244 valence electrons. The van der Waals surface area contributed by atoms with Gasteiger partial charge in [-0.3, -0.25) is 9.88 Å². The first-order valence-electron chi connectivity index (χ1n) is 15.8. The summed E-state index contributed by atoms with van der Waals surface area (Å²) in [5, 5.41) is 3.64. The third-order valence-electron chi connectivity index (χ3n) is 9.02. The van der Waals surface area contributed by atoms with Crippen LogP contribution in [0.5, 0.6) is 0 Å². The summed E-state index contributed by atoms with van der Waals surface area (Å²) in [7, 11) is 1.83. The van der Waals surface area contributed by atoms with Gasteiger partial charge in [-0.15, -0.1) is 0 Å². The van der Waals surface area contributed by atoms with Gasteiger partial charge >= 0.3 is 12.2 Å². The van der Waals surface area contributed by atoms with E-state index < -0.39 is 12.1 Å². The van der Waals surface area contributed by atoms with E-state index in [-0.39, 0.29) is 18.2 Å². The first kappa shape index (κ1) is 31.9. The minimum atomic E-state index is -0.699. The van der Waals surface area contributed by atoms with E-state index in [0.29, 0.717) is 62.6 Å². The Morgan fingerprint density at radius 2 is 2.04 bits per heavy atom. The molecule has 1 saturated carbocycles. The van der Waals surface area contributed by atoms with Crippen molar-refractivity contribution in [1.29, 1.82) is 0 Å². The summed E-state index contributed by atoms with van der Waals surface area (Å²) in [4.78, 5) is 36.9. The van der Waals surface area contributed by atoms with Crippen LogP contribution in [0.3, 0.4) is 0 Å². The average Bonchev–Trinajstić information content (AvgIpc) is 3.79. The number of nitrogens with zero attached hydrogens (tertiary/aromatic N) is 4. The van der Waals surface area contributed by atoms with Gasteiger partial charge in [-0.1, -0.05) is 30.3 Å². The normalized spacial score (nSPS) is 22.1. The lowest BCUT2D eigenvalue weighted by molar-refractivity contribution is 0.0366. The molecule has 2 saturated heterocycles. The first-order chi connectivity index (χ1) is 22.4. The summed E-state index contributed by atoms with van der Waals surface area (Å²) < 4.78 is 16.7. The maximum absolute atomic E-state index is 13.2. The zero-order valence-corrected chi connectivity index (χ0v) is 26.8. The summed E-state index contributed by atoms with van der Waals surface area (Å²) >= 11 is 6.67. The molecule has 1 aromatic carbocycles. The summed E-state index contributed by atoms with van der Waals surface area (Å²) in [6.07, 6.45) is 8.78. The molecule has 2 aliphatic heterocycles. The van der Waals surface area contributed by atoms with E-state index in [2.05, 4.69) is 16.8 Å². The van der Waals surface area contributed by atoms with E-state index in [9.17, 15) is 9.59 Å². The molecule has 2 amide bonds. The fourth-order valence-corrected chi connectivity index (χ4v) is 6.43. The lowest BCUT2D eigenvalue weighted by Gasteiger charge is -2.39.